The Kier molecular flexibility index (Phi) is 1.63. The summed E-state index contributed by atoms with van der Waals surface area (Å²) in [7, 11) is 0. The molecule has 9 heavy (non-hydrogen) atoms. The quantitative estimate of drug-likeness (QED) is 0.544. The third kappa shape index (κ3) is 1.16. The minimum absolute atomic E-state index is 0.692. The third-order valence-electron chi connectivity index (χ3n) is 1.11. The Morgan fingerprint density at radius 2 is 2.67 bits per heavy atom. The average Bonchev–Trinajstić information content (AvgIpc) is 2.34. The summed E-state index contributed by atoms with van der Waals surface area (Å²) in [4.78, 5) is 3.66. The molecule has 3 nitrogen and oxygen atoms in total. The SMILES string of the molecule is C=Nc1ccn(CC)n1. The van der Waals surface area contributed by atoms with Gasteiger partial charge in [0, 0.05) is 18.8 Å². The van der Waals surface area contributed by atoms with Crippen molar-refractivity contribution >= 4 is 12.5 Å². The highest BCUT2D eigenvalue weighted by Gasteiger charge is 1.89. The van der Waals surface area contributed by atoms with Crippen LogP contribution >= 0.6 is 0 Å². The van der Waals surface area contributed by atoms with E-state index in [0.29, 0.717) is 5.82 Å². The van der Waals surface area contributed by atoms with E-state index < -0.39 is 0 Å². The van der Waals surface area contributed by atoms with E-state index in [9.17, 15) is 0 Å². The predicted molar refractivity (Wildman–Crippen MR) is 37.1 cm³/mol. The van der Waals surface area contributed by atoms with Gasteiger partial charge in [-0.15, -0.1) is 0 Å². The van der Waals surface area contributed by atoms with Crippen molar-refractivity contribution < 1.29 is 0 Å². The Hall–Kier alpha value is -1.12. The number of aliphatic imine (C=N–C) groups is 1. The van der Waals surface area contributed by atoms with Gasteiger partial charge in [-0.05, 0) is 13.6 Å². The summed E-state index contributed by atoms with van der Waals surface area (Å²) in [6.07, 6.45) is 1.88. The van der Waals surface area contributed by atoms with E-state index in [4.69, 9.17) is 0 Å². The smallest absolute Gasteiger partial charge is 0.173 e. The van der Waals surface area contributed by atoms with Crippen molar-refractivity contribution in [2.75, 3.05) is 0 Å². The molecule has 1 aromatic rings. The van der Waals surface area contributed by atoms with Gasteiger partial charge < -0.3 is 0 Å². The zero-order valence-electron chi connectivity index (χ0n) is 5.41. The fourth-order valence-corrected chi connectivity index (χ4v) is 0.611. The third-order valence-corrected chi connectivity index (χ3v) is 1.11. The molecule has 0 radical (unpaired) electrons. The zero-order valence-corrected chi connectivity index (χ0v) is 5.41. The molecule has 1 aromatic heterocycles. The van der Waals surface area contributed by atoms with Gasteiger partial charge in [0.25, 0.3) is 0 Å². The summed E-state index contributed by atoms with van der Waals surface area (Å²) in [6, 6.07) is 1.83. The van der Waals surface area contributed by atoms with Crippen LogP contribution in [0.1, 0.15) is 6.92 Å². The summed E-state index contributed by atoms with van der Waals surface area (Å²) < 4.78 is 1.81. The predicted octanol–water partition coefficient (Wildman–Crippen LogP) is 1.24. The van der Waals surface area contributed by atoms with Crippen molar-refractivity contribution in [3.8, 4) is 0 Å². The molecular formula is C6H9N3. The van der Waals surface area contributed by atoms with Gasteiger partial charge in [-0.3, -0.25) is 4.68 Å². The van der Waals surface area contributed by atoms with E-state index in [1.807, 2.05) is 23.9 Å². The highest BCUT2D eigenvalue weighted by atomic mass is 15.3. The first-order valence-electron chi connectivity index (χ1n) is 2.87. The largest absolute Gasteiger partial charge is 0.271 e. The lowest BCUT2D eigenvalue weighted by Crippen LogP contribution is -1.92. The molecule has 0 amide bonds. The molecule has 48 valence electrons. The number of rotatable bonds is 2. The van der Waals surface area contributed by atoms with Crippen LogP contribution in [0.4, 0.5) is 5.82 Å². The molecule has 0 atom stereocenters. The number of aryl methyl sites for hydroxylation is 1. The molecule has 0 aromatic carbocycles. The first-order chi connectivity index (χ1) is 4.36. The van der Waals surface area contributed by atoms with Crippen molar-refractivity contribution in [1.82, 2.24) is 9.78 Å². The average molecular weight is 123 g/mol. The molecule has 0 aliphatic heterocycles. The van der Waals surface area contributed by atoms with Gasteiger partial charge in [0.2, 0.25) is 0 Å². The van der Waals surface area contributed by atoms with E-state index >= 15 is 0 Å². The molecule has 0 spiro atoms. The van der Waals surface area contributed by atoms with Crippen LogP contribution in [0.3, 0.4) is 0 Å². The van der Waals surface area contributed by atoms with Crippen molar-refractivity contribution in [3.05, 3.63) is 12.3 Å². The molecule has 0 saturated heterocycles. The van der Waals surface area contributed by atoms with E-state index in [1.165, 1.54) is 0 Å². The maximum Gasteiger partial charge on any atom is 0.173 e. The Morgan fingerprint density at radius 1 is 1.89 bits per heavy atom. The van der Waals surface area contributed by atoms with Gasteiger partial charge in [-0.25, -0.2) is 4.99 Å². The molecule has 0 N–H and O–H groups in total. The first kappa shape index (κ1) is 6.01. The van der Waals surface area contributed by atoms with E-state index in [-0.39, 0.29) is 0 Å². The Balaban J connectivity index is 2.86. The first-order valence-corrected chi connectivity index (χ1v) is 2.87. The standard InChI is InChI=1S/C6H9N3/c1-3-9-5-4-6(7-2)8-9/h4-5H,2-3H2,1H3. The summed E-state index contributed by atoms with van der Waals surface area (Å²) in [5.74, 6) is 0.692. The molecule has 0 saturated carbocycles. The topological polar surface area (TPSA) is 30.2 Å². The fraction of sp³-hybridized carbons (Fsp3) is 0.333. The molecular weight excluding hydrogens is 114 g/mol. The second-order valence-corrected chi connectivity index (χ2v) is 1.69. The van der Waals surface area contributed by atoms with E-state index in [2.05, 4.69) is 16.8 Å². The zero-order chi connectivity index (χ0) is 6.69. The summed E-state index contributed by atoms with van der Waals surface area (Å²) in [5, 5.41) is 4.03. The van der Waals surface area contributed by atoms with Crippen molar-refractivity contribution in [1.29, 1.82) is 0 Å². The number of hydrogen-bond acceptors (Lipinski definition) is 2. The van der Waals surface area contributed by atoms with Gasteiger partial charge in [0.15, 0.2) is 5.82 Å². The Bertz CT molecular complexity index is 202. The highest BCUT2D eigenvalue weighted by molar-refractivity contribution is 5.37. The number of aromatic nitrogens is 2. The lowest BCUT2D eigenvalue weighted by Gasteiger charge is -1.88. The van der Waals surface area contributed by atoms with Gasteiger partial charge in [-0.2, -0.15) is 5.10 Å². The van der Waals surface area contributed by atoms with E-state index in [0.717, 1.165) is 6.54 Å². The lowest BCUT2D eigenvalue weighted by atomic mass is 10.6. The maximum atomic E-state index is 4.03. The van der Waals surface area contributed by atoms with Crippen LogP contribution in [0, 0.1) is 0 Å². The summed E-state index contributed by atoms with van der Waals surface area (Å²) >= 11 is 0. The Labute approximate surface area is 54.0 Å². The molecule has 1 heterocycles. The van der Waals surface area contributed by atoms with Gasteiger partial charge in [-0.1, -0.05) is 0 Å². The fourth-order valence-electron chi connectivity index (χ4n) is 0.611. The molecule has 3 heteroatoms. The van der Waals surface area contributed by atoms with Gasteiger partial charge in [0.1, 0.15) is 0 Å². The van der Waals surface area contributed by atoms with Crippen molar-refractivity contribution in [2.45, 2.75) is 13.5 Å². The maximum absolute atomic E-state index is 4.03. The molecule has 0 aliphatic carbocycles. The molecule has 0 bridgehead atoms. The summed E-state index contributed by atoms with van der Waals surface area (Å²) in [6.45, 7) is 6.26. The minimum Gasteiger partial charge on any atom is -0.271 e. The van der Waals surface area contributed by atoms with Crippen molar-refractivity contribution in [3.63, 3.8) is 0 Å². The van der Waals surface area contributed by atoms with Crippen LogP contribution in [-0.2, 0) is 6.54 Å². The molecule has 1 rings (SSSR count). The normalized spacial score (nSPS) is 9.44. The minimum atomic E-state index is 0.692. The van der Waals surface area contributed by atoms with E-state index in [1.54, 1.807) is 0 Å². The van der Waals surface area contributed by atoms with Crippen LogP contribution in [0.25, 0.3) is 0 Å². The monoisotopic (exact) mass is 123 g/mol. The van der Waals surface area contributed by atoms with Crippen LogP contribution in [0.15, 0.2) is 17.3 Å². The highest BCUT2D eigenvalue weighted by Crippen LogP contribution is 2.03. The number of nitrogens with zero attached hydrogens (tertiary/aromatic N) is 3. The second kappa shape index (κ2) is 2.44. The van der Waals surface area contributed by atoms with Gasteiger partial charge >= 0.3 is 0 Å². The van der Waals surface area contributed by atoms with Crippen molar-refractivity contribution in [2.24, 2.45) is 4.99 Å². The molecule has 0 fully saturated rings. The van der Waals surface area contributed by atoms with Gasteiger partial charge in [0.05, 0.1) is 0 Å². The van der Waals surface area contributed by atoms with Crippen LogP contribution < -0.4 is 0 Å². The van der Waals surface area contributed by atoms with Crippen LogP contribution in [0.2, 0.25) is 0 Å². The Morgan fingerprint density at radius 3 is 3.00 bits per heavy atom. The van der Waals surface area contributed by atoms with Crippen LogP contribution in [-0.4, -0.2) is 16.5 Å². The molecule has 0 aliphatic rings. The molecule has 0 unspecified atom stereocenters. The number of hydrogen-bond donors (Lipinski definition) is 0. The van der Waals surface area contributed by atoms with Crippen LogP contribution in [0.5, 0.6) is 0 Å². The second-order valence-electron chi connectivity index (χ2n) is 1.69. The lowest BCUT2D eigenvalue weighted by molar-refractivity contribution is 0.661. The summed E-state index contributed by atoms with van der Waals surface area (Å²) in [5.41, 5.74) is 0.